The summed E-state index contributed by atoms with van der Waals surface area (Å²) < 4.78 is 54.8. The highest BCUT2D eigenvalue weighted by atomic mass is 32.2. The van der Waals surface area contributed by atoms with E-state index >= 15 is 0 Å². The summed E-state index contributed by atoms with van der Waals surface area (Å²) in [4.78, 5) is 11.5. The minimum Gasteiger partial charge on any atom is -0.481 e. The molecule has 29 heavy (non-hydrogen) atoms. The molecule has 0 bridgehead atoms. The second-order valence-electron chi connectivity index (χ2n) is 6.26. The van der Waals surface area contributed by atoms with Crippen molar-refractivity contribution in [2.24, 2.45) is 0 Å². The lowest BCUT2D eigenvalue weighted by Crippen LogP contribution is -2.75. The number of carbonyl (C=O) groups is 1. The Balaban J connectivity index is 2.43. The largest absolute Gasteiger partial charge is 0.481 e. The van der Waals surface area contributed by atoms with E-state index in [9.17, 15) is 31.9 Å². The van der Waals surface area contributed by atoms with Crippen molar-refractivity contribution in [3.63, 3.8) is 0 Å². The molecule has 1 heterocycles. The predicted molar refractivity (Wildman–Crippen MR) is 100 cm³/mol. The zero-order valence-corrected chi connectivity index (χ0v) is 17.4. The Bertz CT molecular complexity index is 1030. The van der Waals surface area contributed by atoms with Crippen LogP contribution in [0.4, 0.5) is 0 Å². The van der Waals surface area contributed by atoms with Crippen molar-refractivity contribution >= 4 is 26.0 Å². The average molecular weight is 448 g/mol. The summed E-state index contributed by atoms with van der Waals surface area (Å²) in [5.41, 5.74) is 1.61. The molecule has 1 aliphatic heterocycles. The fraction of sp³-hybridized carbons (Fsp3) is 0.438. The van der Waals surface area contributed by atoms with E-state index in [1.807, 2.05) is 0 Å². The third-order valence-electron chi connectivity index (χ3n) is 4.52. The molecule has 0 spiro atoms. The summed E-state index contributed by atoms with van der Waals surface area (Å²) in [6.07, 6.45) is 0.897. The monoisotopic (exact) mass is 448 g/mol. The number of piperazine rings is 1. The Morgan fingerprint density at radius 2 is 1.93 bits per heavy atom. The first kappa shape index (κ1) is 23.1. The van der Waals surface area contributed by atoms with Gasteiger partial charge < -0.3 is 9.84 Å². The second-order valence-corrected chi connectivity index (χ2v) is 10.3. The van der Waals surface area contributed by atoms with Crippen LogP contribution in [0.1, 0.15) is 6.92 Å². The van der Waals surface area contributed by atoms with Crippen molar-refractivity contribution in [1.29, 1.82) is 0 Å². The highest BCUT2D eigenvalue weighted by molar-refractivity contribution is 7.88. The molecule has 1 aliphatic rings. The number of sulfonamides is 2. The topological polar surface area (TPSA) is 150 Å². The third-order valence-corrected chi connectivity index (χ3v) is 8.04. The van der Waals surface area contributed by atoms with E-state index in [0.29, 0.717) is 5.75 Å². The van der Waals surface area contributed by atoms with Gasteiger partial charge in [0, 0.05) is 0 Å². The van der Waals surface area contributed by atoms with Crippen LogP contribution in [0.2, 0.25) is 0 Å². The maximum Gasteiger partial charge on any atom is 0.367 e. The van der Waals surface area contributed by atoms with Crippen LogP contribution in [0.25, 0.3) is 0 Å². The zero-order chi connectivity index (χ0) is 21.9. The van der Waals surface area contributed by atoms with Gasteiger partial charge in [-0.1, -0.05) is 5.92 Å². The SMILES string of the molecule is CC#CCOc1ccc(S(=O)(=O)[N+]2(NO)CCN(S(C)(=O)=O)CC2C(=O)O)cc1. The molecule has 1 saturated heterocycles. The number of aliphatic carboxylic acids is 1. The Labute approximate surface area is 169 Å². The molecule has 2 atom stereocenters. The summed E-state index contributed by atoms with van der Waals surface area (Å²) in [6.45, 7) is 0.312. The number of nitrogens with one attached hydrogen (secondary N) is 1. The molecule has 0 aliphatic carbocycles. The van der Waals surface area contributed by atoms with Crippen LogP contribution < -0.4 is 10.3 Å². The van der Waals surface area contributed by atoms with E-state index < -0.39 is 49.1 Å². The van der Waals surface area contributed by atoms with Gasteiger partial charge in [0.2, 0.25) is 16.1 Å². The van der Waals surface area contributed by atoms with Crippen LogP contribution in [0.3, 0.4) is 0 Å². The Hall–Kier alpha value is -2.21. The number of benzene rings is 1. The van der Waals surface area contributed by atoms with Gasteiger partial charge >= 0.3 is 16.0 Å². The van der Waals surface area contributed by atoms with E-state index in [1.165, 1.54) is 24.3 Å². The number of ether oxygens (including phenoxy) is 1. The van der Waals surface area contributed by atoms with Gasteiger partial charge in [0.25, 0.3) is 0 Å². The van der Waals surface area contributed by atoms with Crippen molar-refractivity contribution in [3.8, 4) is 17.6 Å². The van der Waals surface area contributed by atoms with Gasteiger partial charge in [-0.05, 0) is 36.8 Å². The molecular formula is C16H22N3O8S2+. The van der Waals surface area contributed by atoms with Crippen molar-refractivity contribution in [1.82, 2.24) is 9.89 Å². The molecule has 3 N–H and O–H groups in total. The summed E-state index contributed by atoms with van der Waals surface area (Å²) in [5.74, 6) is 4.11. The second kappa shape index (κ2) is 8.66. The molecule has 1 aromatic carbocycles. The molecule has 0 radical (unpaired) electrons. The molecule has 1 fully saturated rings. The van der Waals surface area contributed by atoms with Crippen molar-refractivity contribution in [2.75, 3.05) is 32.5 Å². The summed E-state index contributed by atoms with van der Waals surface area (Å²) in [7, 11) is -8.24. The molecule has 160 valence electrons. The van der Waals surface area contributed by atoms with Gasteiger partial charge in [0.1, 0.15) is 23.8 Å². The Morgan fingerprint density at radius 1 is 1.31 bits per heavy atom. The van der Waals surface area contributed by atoms with Crippen LogP contribution in [-0.2, 0) is 24.8 Å². The quantitative estimate of drug-likeness (QED) is 0.277. The van der Waals surface area contributed by atoms with E-state index in [-0.39, 0.29) is 18.0 Å². The highest BCUT2D eigenvalue weighted by Gasteiger charge is 2.58. The van der Waals surface area contributed by atoms with Gasteiger partial charge in [-0.15, -0.1) is 9.92 Å². The van der Waals surface area contributed by atoms with E-state index in [4.69, 9.17) is 4.74 Å². The molecule has 0 amide bonds. The molecule has 0 aromatic heterocycles. The summed E-state index contributed by atoms with van der Waals surface area (Å²) in [5, 5.41) is 19.3. The minimum atomic E-state index is -4.49. The van der Waals surface area contributed by atoms with Crippen molar-refractivity contribution in [2.45, 2.75) is 17.9 Å². The van der Waals surface area contributed by atoms with Crippen LogP contribution in [-0.4, -0.2) is 80.0 Å². The fourth-order valence-electron chi connectivity index (χ4n) is 2.94. The zero-order valence-electron chi connectivity index (χ0n) is 15.8. The Morgan fingerprint density at radius 3 is 2.41 bits per heavy atom. The van der Waals surface area contributed by atoms with E-state index in [1.54, 1.807) is 12.5 Å². The third kappa shape index (κ3) is 4.53. The van der Waals surface area contributed by atoms with Crippen molar-refractivity contribution in [3.05, 3.63) is 24.3 Å². The van der Waals surface area contributed by atoms with Crippen LogP contribution in [0.5, 0.6) is 5.75 Å². The van der Waals surface area contributed by atoms with Crippen LogP contribution in [0.15, 0.2) is 29.2 Å². The maximum atomic E-state index is 13.2. The molecule has 2 unspecified atom stereocenters. The van der Waals surface area contributed by atoms with Crippen molar-refractivity contribution < 1.29 is 40.7 Å². The number of nitrogens with zero attached hydrogens (tertiary/aromatic N) is 2. The molecule has 13 heteroatoms. The van der Waals surface area contributed by atoms with Crippen LogP contribution >= 0.6 is 0 Å². The lowest BCUT2D eigenvalue weighted by Gasteiger charge is -2.43. The number of quaternary nitrogens is 1. The van der Waals surface area contributed by atoms with E-state index in [2.05, 4.69) is 11.8 Å². The first-order chi connectivity index (χ1) is 13.5. The predicted octanol–water partition coefficient (Wildman–Crippen LogP) is -0.784. The fourth-order valence-corrected chi connectivity index (χ4v) is 5.54. The number of rotatable bonds is 7. The lowest BCUT2D eigenvalue weighted by atomic mass is 10.2. The summed E-state index contributed by atoms with van der Waals surface area (Å²) in [6, 6.07) is 3.37. The highest BCUT2D eigenvalue weighted by Crippen LogP contribution is 2.30. The molecule has 2 rings (SSSR count). The Kier molecular flexibility index (Phi) is 6.89. The summed E-state index contributed by atoms with van der Waals surface area (Å²) >= 11 is 0. The standard InChI is InChI=1S/C16H21N3O8S2/c1-3-4-11-27-13-5-7-14(8-6-13)29(25,26)19(17-22)10-9-18(28(2,23)24)12-15(19)16(20)21/h5-8,15,17,22H,9-12H2,1-2H3/p+1. The van der Waals surface area contributed by atoms with Gasteiger partial charge in [-0.2, -0.15) is 12.7 Å². The first-order valence-corrected chi connectivity index (χ1v) is 11.6. The molecule has 11 nitrogen and oxygen atoms in total. The van der Waals surface area contributed by atoms with Gasteiger partial charge in [0.05, 0.1) is 19.3 Å². The van der Waals surface area contributed by atoms with Gasteiger partial charge in [-0.3, -0.25) is 5.21 Å². The smallest absolute Gasteiger partial charge is 0.367 e. The average Bonchev–Trinajstić information content (AvgIpc) is 2.67. The maximum absolute atomic E-state index is 13.2. The number of hydrogen-bond acceptors (Lipinski definition) is 8. The van der Waals surface area contributed by atoms with E-state index in [0.717, 1.165) is 10.6 Å². The van der Waals surface area contributed by atoms with Gasteiger partial charge in [-0.25, -0.2) is 13.2 Å². The number of hydrogen-bond donors (Lipinski definition) is 3. The number of carboxylic acid groups (broad SMARTS) is 1. The minimum absolute atomic E-state index is 0.114. The molecule has 1 aromatic rings. The normalized spacial score (nSPS) is 23.1. The number of carboxylic acids is 1. The van der Waals surface area contributed by atoms with Gasteiger partial charge in [0.15, 0.2) is 0 Å². The molecular weight excluding hydrogens is 426 g/mol. The molecule has 0 saturated carbocycles. The van der Waals surface area contributed by atoms with Crippen LogP contribution in [0, 0.1) is 11.8 Å². The lowest BCUT2D eigenvalue weighted by molar-refractivity contribution is -0.902. The first-order valence-electron chi connectivity index (χ1n) is 8.34.